The molecular weight excluding hydrogens is 261 g/mol. The lowest BCUT2D eigenvalue weighted by Gasteiger charge is -2.18. The Labute approximate surface area is 117 Å². The topological polar surface area (TPSA) is 62.3 Å². The van der Waals surface area contributed by atoms with E-state index < -0.39 is 0 Å². The summed E-state index contributed by atoms with van der Waals surface area (Å²) in [7, 11) is 4.73. The lowest BCUT2D eigenvalue weighted by atomic mass is 9.97. The summed E-state index contributed by atoms with van der Waals surface area (Å²) in [5.74, 6) is 0.940. The number of nitrogens with two attached hydrogens (primary N) is 1. The zero-order valence-electron chi connectivity index (χ0n) is 12.2. The molecule has 1 aromatic carbocycles. The molecule has 1 aromatic heterocycles. The Kier molecular flexibility index (Phi) is 3.57. The molecule has 5 nitrogen and oxygen atoms in total. The van der Waals surface area contributed by atoms with Crippen molar-refractivity contribution in [3.8, 4) is 22.6 Å². The monoisotopic (exact) mass is 279 g/mol. The van der Waals surface area contributed by atoms with Gasteiger partial charge < -0.3 is 15.2 Å². The molecule has 0 atom stereocenters. The largest absolute Gasteiger partial charge is 0.492 e. The molecule has 0 bridgehead atoms. The smallest absolute Gasteiger partial charge is 0.169 e. The summed E-state index contributed by atoms with van der Waals surface area (Å²) in [6.45, 7) is 3.34. The fourth-order valence-corrected chi connectivity index (χ4v) is 2.35. The normalized spacial score (nSPS) is 10.7. The molecule has 1 heterocycles. The van der Waals surface area contributed by atoms with Gasteiger partial charge in [0.2, 0.25) is 0 Å². The quantitative estimate of drug-likeness (QED) is 0.937. The number of nitrogen functional groups attached to an aromatic ring is 1. The molecule has 20 heavy (non-hydrogen) atoms. The summed E-state index contributed by atoms with van der Waals surface area (Å²) in [5.41, 5.74) is 8.05. The van der Waals surface area contributed by atoms with Gasteiger partial charge in [0.05, 0.1) is 20.4 Å². The zero-order valence-corrected chi connectivity index (χ0v) is 12.2. The van der Waals surface area contributed by atoms with Crippen LogP contribution in [0.1, 0.15) is 11.1 Å². The van der Waals surface area contributed by atoms with E-state index in [9.17, 15) is 4.39 Å². The number of hydrogen-bond donors (Lipinski definition) is 1. The molecule has 0 radical (unpaired) electrons. The van der Waals surface area contributed by atoms with Gasteiger partial charge in [-0.2, -0.15) is 5.10 Å². The molecule has 6 heteroatoms. The molecule has 0 aliphatic heterocycles. The second-order valence-electron chi connectivity index (χ2n) is 4.57. The van der Waals surface area contributed by atoms with Gasteiger partial charge in [0, 0.05) is 23.7 Å². The Hall–Kier alpha value is -2.24. The van der Waals surface area contributed by atoms with Gasteiger partial charge in [-0.3, -0.25) is 4.68 Å². The van der Waals surface area contributed by atoms with E-state index in [0.29, 0.717) is 39.6 Å². The van der Waals surface area contributed by atoms with E-state index in [0.717, 1.165) is 0 Å². The number of anilines is 1. The molecule has 0 unspecified atom stereocenters. The van der Waals surface area contributed by atoms with Crippen LogP contribution >= 0.6 is 0 Å². The molecule has 0 spiro atoms. The van der Waals surface area contributed by atoms with Crippen LogP contribution in [0.5, 0.6) is 11.5 Å². The van der Waals surface area contributed by atoms with E-state index in [1.807, 2.05) is 0 Å². The van der Waals surface area contributed by atoms with E-state index in [4.69, 9.17) is 15.2 Å². The predicted molar refractivity (Wildman–Crippen MR) is 75.6 cm³/mol. The van der Waals surface area contributed by atoms with Crippen LogP contribution in [-0.4, -0.2) is 24.0 Å². The highest BCUT2D eigenvalue weighted by Crippen LogP contribution is 2.45. The number of nitrogens with zero attached hydrogens (tertiary/aromatic N) is 2. The lowest BCUT2D eigenvalue weighted by molar-refractivity contribution is 0.350. The van der Waals surface area contributed by atoms with Gasteiger partial charge in [-0.05, 0) is 19.4 Å². The Morgan fingerprint density at radius 3 is 2.20 bits per heavy atom. The molecule has 0 amide bonds. The summed E-state index contributed by atoms with van der Waals surface area (Å²) in [5, 5.41) is 4.09. The summed E-state index contributed by atoms with van der Waals surface area (Å²) in [6, 6.07) is 0. The number of halogens is 1. The fraction of sp³-hybridized carbons (Fsp3) is 0.357. The Morgan fingerprint density at radius 1 is 1.15 bits per heavy atom. The van der Waals surface area contributed by atoms with Crippen LogP contribution in [0.3, 0.4) is 0 Å². The number of aromatic nitrogens is 2. The van der Waals surface area contributed by atoms with E-state index in [-0.39, 0.29) is 5.82 Å². The van der Waals surface area contributed by atoms with Crippen LogP contribution in [0.2, 0.25) is 0 Å². The van der Waals surface area contributed by atoms with Gasteiger partial charge in [0.1, 0.15) is 11.6 Å². The maximum Gasteiger partial charge on any atom is 0.169 e. The highest BCUT2D eigenvalue weighted by Gasteiger charge is 2.24. The van der Waals surface area contributed by atoms with Crippen molar-refractivity contribution in [2.24, 2.45) is 7.05 Å². The van der Waals surface area contributed by atoms with Crippen molar-refractivity contribution in [1.82, 2.24) is 9.78 Å². The number of benzene rings is 1. The zero-order chi connectivity index (χ0) is 15.0. The van der Waals surface area contributed by atoms with Crippen LogP contribution in [0.15, 0.2) is 6.20 Å². The van der Waals surface area contributed by atoms with Gasteiger partial charge in [-0.25, -0.2) is 4.39 Å². The molecule has 0 aliphatic carbocycles. The second-order valence-corrected chi connectivity index (χ2v) is 4.57. The van der Waals surface area contributed by atoms with Crippen molar-refractivity contribution in [3.05, 3.63) is 23.1 Å². The molecule has 0 fully saturated rings. The molecular formula is C14H18FN3O2. The fourth-order valence-electron chi connectivity index (χ4n) is 2.35. The summed E-state index contributed by atoms with van der Waals surface area (Å²) >= 11 is 0. The van der Waals surface area contributed by atoms with E-state index in [2.05, 4.69) is 5.10 Å². The minimum atomic E-state index is -0.332. The maximum atomic E-state index is 14.4. The van der Waals surface area contributed by atoms with Crippen molar-refractivity contribution < 1.29 is 13.9 Å². The number of methoxy groups -OCH3 is 2. The first-order valence-electron chi connectivity index (χ1n) is 6.12. The number of ether oxygens (including phenoxy) is 2. The van der Waals surface area contributed by atoms with Crippen molar-refractivity contribution in [3.63, 3.8) is 0 Å². The summed E-state index contributed by atoms with van der Waals surface area (Å²) < 4.78 is 26.6. The predicted octanol–water partition coefficient (Wildman–Crippen LogP) is 2.44. The van der Waals surface area contributed by atoms with E-state index >= 15 is 0 Å². The highest BCUT2D eigenvalue weighted by atomic mass is 19.1. The van der Waals surface area contributed by atoms with Crippen molar-refractivity contribution in [2.45, 2.75) is 13.8 Å². The Morgan fingerprint density at radius 2 is 1.75 bits per heavy atom. The van der Waals surface area contributed by atoms with Crippen LogP contribution in [0.4, 0.5) is 10.2 Å². The average molecular weight is 279 g/mol. The number of hydrogen-bond acceptors (Lipinski definition) is 4. The van der Waals surface area contributed by atoms with Crippen LogP contribution in [-0.2, 0) is 7.05 Å². The van der Waals surface area contributed by atoms with Gasteiger partial charge in [-0.1, -0.05) is 0 Å². The Balaban J connectivity index is 2.88. The van der Waals surface area contributed by atoms with Gasteiger partial charge in [0.25, 0.3) is 0 Å². The first kappa shape index (κ1) is 14.2. The molecule has 2 rings (SSSR count). The van der Waals surface area contributed by atoms with Crippen LogP contribution in [0.25, 0.3) is 11.1 Å². The van der Waals surface area contributed by atoms with Gasteiger partial charge in [0.15, 0.2) is 11.5 Å². The third-order valence-corrected chi connectivity index (χ3v) is 3.47. The summed E-state index contributed by atoms with van der Waals surface area (Å²) in [6.07, 6.45) is 1.59. The summed E-state index contributed by atoms with van der Waals surface area (Å²) in [4.78, 5) is 0. The first-order valence-corrected chi connectivity index (χ1v) is 6.12. The van der Waals surface area contributed by atoms with Crippen LogP contribution in [0, 0.1) is 19.7 Å². The molecule has 2 aromatic rings. The minimum absolute atomic E-state index is 0.332. The van der Waals surface area contributed by atoms with Gasteiger partial charge in [-0.15, -0.1) is 0 Å². The SMILES string of the molecule is COc1c(C)c(F)c(C)c(-c2cnn(C)c2N)c1OC. The first-order chi connectivity index (χ1) is 9.43. The number of rotatable bonds is 3. The van der Waals surface area contributed by atoms with E-state index in [1.165, 1.54) is 18.9 Å². The second kappa shape index (κ2) is 5.03. The molecule has 2 N–H and O–H groups in total. The third kappa shape index (κ3) is 1.88. The molecule has 0 aliphatic rings. The molecule has 108 valence electrons. The van der Waals surface area contributed by atoms with Crippen LogP contribution < -0.4 is 15.2 Å². The lowest BCUT2D eigenvalue weighted by Crippen LogP contribution is -2.03. The Bertz CT molecular complexity index is 665. The average Bonchev–Trinajstić information content (AvgIpc) is 2.76. The minimum Gasteiger partial charge on any atom is -0.492 e. The highest BCUT2D eigenvalue weighted by molar-refractivity contribution is 5.84. The van der Waals surface area contributed by atoms with Crippen molar-refractivity contribution >= 4 is 5.82 Å². The standard InChI is InChI=1S/C14H18FN3O2/c1-7-10(9-6-17-18(3)14(9)16)13(20-5)12(19-4)8(2)11(7)15/h6H,16H2,1-5H3. The van der Waals surface area contributed by atoms with Crippen molar-refractivity contribution in [2.75, 3.05) is 20.0 Å². The van der Waals surface area contributed by atoms with Gasteiger partial charge >= 0.3 is 0 Å². The van der Waals surface area contributed by atoms with E-state index in [1.54, 1.807) is 27.1 Å². The van der Waals surface area contributed by atoms with Crippen molar-refractivity contribution in [1.29, 1.82) is 0 Å². The molecule has 0 saturated heterocycles. The number of aryl methyl sites for hydroxylation is 1. The molecule has 0 saturated carbocycles. The third-order valence-electron chi connectivity index (χ3n) is 3.47. The maximum absolute atomic E-state index is 14.4.